The van der Waals surface area contributed by atoms with Crippen molar-refractivity contribution in [1.29, 1.82) is 0 Å². The smallest absolute Gasteiger partial charge is 0.191 e. The zero-order valence-corrected chi connectivity index (χ0v) is 12.1. The van der Waals surface area contributed by atoms with Crippen molar-refractivity contribution in [1.82, 2.24) is 10.6 Å². The number of aliphatic imine (C=N–C) groups is 1. The van der Waals surface area contributed by atoms with E-state index < -0.39 is 0 Å². The second-order valence-corrected chi connectivity index (χ2v) is 5.11. The Morgan fingerprint density at radius 3 is 2.85 bits per heavy atom. The zero-order chi connectivity index (χ0) is 14.4. The van der Waals surface area contributed by atoms with Crippen LogP contribution in [0.15, 0.2) is 23.2 Å². The lowest BCUT2D eigenvalue weighted by atomic mass is 10.1. The molecule has 0 amide bonds. The Labute approximate surface area is 119 Å². The molecule has 110 valence electrons. The van der Waals surface area contributed by atoms with Crippen LogP contribution in [0.25, 0.3) is 0 Å². The minimum Gasteiger partial charge on any atom is -0.380 e. The van der Waals surface area contributed by atoms with Gasteiger partial charge in [-0.2, -0.15) is 0 Å². The molecule has 0 unspecified atom stereocenters. The van der Waals surface area contributed by atoms with Crippen LogP contribution in [0.5, 0.6) is 0 Å². The van der Waals surface area contributed by atoms with Crippen LogP contribution >= 0.6 is 0 Å². The third kappa shape index (κ3) is 4.49. The van der Waals surface area contributed by atoms with E-state index in [2.05, 4.69) is 15.6 Å². The van der Waals surface area contributed by atoms with Gasteiger partial charge in [0, 0.05) is 32.8 Å². The largest absolute Gasteiger partial charge is 0.380 e. The van der Waals surface area contributed by atoms with Gasteiger partial charge < -0.3 is 15.4 Å². The molecule has 1 aliphatic rings. The van der Waals surface area contributed by atoms with E-state index in [4.69, 9.17) is 4.74 Å². The molecule has 1 aromatic rings. The van der Waals surface area contributed by atoms with E-state index in [1.165, 1.54) is 18.9 Å². The normalized spacial score (nSPS) is 15.2. The molecule has 4 nitrogen and oxygen atoms in total. The van der Waals surface area contributed by atoms with Crippen molar-refractivity contribution in [2.24, 2.45) is 10.9 Å². The summed E-state index contributed by atoms with van der Waals surface area (Å²) < 4.78 is 18.5. The number of ether oxygens (including phenoxy) is 1. The Kier molecular flexibility index (Phi) is 5.35. The van der Waals surface area contributed by atoms with Crippen LogP contribution < -0.4 is 10.6 Å². The molecule has 0 bridgehead atoms. The first kappa shape index (κ1) is 14.8. The van der Waals surface area contributed by atoms with Gasteiger partial charge in [0.05, 0.1) is 6.61 Å². The van der Waals surface area contributed by atoms with E-state index in [1.54, 1.807) is 20.2 Å². The van der Waals surface area contributed by atoms with Crippen molar-refractivity contribution in [2.75, 3.05) is 20.7 Å². The van der Waals surface area contributed by atoms with Crippen molar-refractivity contribution in [3.8, 4) is 0 Å². The van der Waals surface area contributed by atoms with Crippen LogP contribution in [0.4, 0.5) is 4.39 Å². The van der Waals surface area contributed by atoms with Crippen molar-refractivity contribution < 1.29 is 9.13 Å². The van der Waals surface area contributed by atoms with E-state index in [9.17, 15) is 4.39 Å². The maximum atomic E-state index is 13.5. The van der Waals surface area contributed by atoms with Gasteiger partial charge in [-0.05, 0) is 36.5 Å². The Morgan fingerprint density at radius 2 is 2.20 bits per heavy atom. The Hall–Kier alpha value is -1.62. The predicted molar refractivity (Wildman–Crippen MR) is 78.0 cm³/mol. The van der Waals surface area contributed by atoms with Gasteiger partial charge in [0.1, 0.15) is 5.82 Å². The monoisotopic (exact) mass is 279 g/mol. The summed E-state index contributed by atoms with van der Waals surface area (Å²) in [5.41, 5.74) is 1.58. The standard InChI is InChI=1S/C15H22FN3O/c1-17-15(18-8-11-3-4-11)19-9-12-5-6-14(16)13(7-12)10-20-2/h5-7,11H,3-4,8-10H2,1-2H3,(H2,17,18,19). The van der Waals surface area contributed by atoms with Crippen LogP contribution in [0.2, 0.25) is 0 Å². The molecule has 1 aromatic carbocycles. The first-order valence-electron chi connectivity index (χ1n) is 6.93. The highest BCUT2D eigenvalue weighted by Crippen LogP contribution is 2.27. The molecular weight excluding hydrogens is 257 g/mol. The van der Waals surface area contributed by atoms with Crippen molar-refractivity contribution in [2.45, 2.75) is 26.0 Å². The number of guanidine groups is 1. The fourth-order valence-corrected chi connectivity index (χ4v) is 1.97. The van der Waals surface area contributed by atoms with Crippen LogP contribution in [-0.2, 0) is 17.9 Å². The molecule has 1 saturated carbocycles. The summed E-state index contributed by atoms with van der Waals surface area (Å²) in [5, 5.41) is 6.53. The molecule has 0 heterocycles. The maximum Gasteiger partial charge on any atom is 0.191 e. The zero-order valence-electron chi connectivity index (χ0n) is 12.1. The molecule has 0 aliphatic heterocycles. The first-order valence-corrected chi connectivity index (χ1v) is 6.93. The van der Waals surface area contributed by atoms with E-state index in [1.807, 2.05) is 6.07 Å². The van der Waals surface area contributed by atoms with Gasteiger partial charge in [0.2, 0.25) is 0 Å². The number of nitrogens with zero attached hydrogens (tertiary/aromatic N) is 1. The number of nitrogens with one attached hydrogen (secondary N) is 2. The van der Waals surface area contributed by atoms with Gasteiger partial charge >= 0.3 is 0 Å². The van der Waals surface area contributed by atoms with Gasteiger partial charge in [-0.3, -0.25) is 4.99 Å². The van der Waals surface area contributed by atoms with Gasteiger partial charge in [0.25, 0.3) is 0 Å². The summed E-state index contributed by atoms with van der Waals surface area (Å²) in [6.45, 7) is 1.87. The highest BCUT2D eigenvalue weighted by molar-refractivity contribution is 5.79. The quantitative estimate of drug-likeness (QED) is 0.619. The van der Waals surface area contributed by atoms with Crippen LogP contribution in [0.1, 0.15) is 24.0 Å². The van der Waals surface area contributed by atoms with Crippen molar-refractivity contribution in [3.63, 3.8) is 0 Å². The van der Waals surface area contributed by atoms with Gasteiger partial charge in [-0.25, -0.2) is 4.39 Å². The number of rotatable bonds is 6. The van der Waals surface area contributed by atoms with Gasteiger partial charge in [-0.15, -0.1) is 0 Å². The molecule has 2 N–H and O–H groups in total. The van der Waals surface area contributed by atoms with Crippen LogP contribution in [0, 0.1) is 11.7 Å². The minimum absolute atomic E-state index is 0.230. The molecule has 5 heteroatoms. The maximum absolute atomic E-state index is 13.5. The summed E-state index contributed by atoms with van der Waals surface area (Å²) in [4.78, 5) is 4.17. The van der Waals surface area contributed by atoms with E-state index >= 15 is 0 Å². The molecule has 1 aliphatic carbocycles. The Bertz CT molecular complexity index is 472. The number of methoxy groups -OCH3 is 1. The second kappa shape index (κ2) is 7.24. The number of hydrogen-bond donors (Lipinski definition) is 2. The summed E-state index contributed by atoms with van der Waals surface area (Å²) >= 11 is 0. The van der Waals surface area contributed by atoms with E-state index in [0.717, 1.165) is 24.0 Å². The highest BCUT2D eigenvalue weighted by atomic mass is 19.1. The summed E-state index contributed by atoms with van der Waals surface area (Å²) in [7, 11) is 3.32. The van der Waals surface area contributed by atoms with Crippen molar-refractivity contribution in [3.05, 3.63) is 35.1 Å². The summed E-state index contributed by atoms with van der Waals surface area (Å²) in [6.07, 6.45) is 2.62. The topological polar surface area (TPSA) is 45.7 Å². The lowest BCUT2D eigenvalue weighted by molar-refractivity contribution is 0.181. The molecule has 0 radical (unpaired) electrons. The number of benzene rings is 1. The number of hydrogen-bond acceptors (Lipinski definition) is 2. The third-order valence-corrected chi connectivity index (χ3v) is 3.35. The number of halogens is 1. The molecule has 20 heavy (non-hydrogen) atoms. The molecule has 0 atom stereocenters. The molecule has 0 aromatic heterocycles. The minimum atomic E-state index is -0.230. The van der Waals surface area contributed by atoms with Gasteiger partial charge in [0.15, 0.2) is 5.96 Å². The summed E-state index contributed by atoms with van der Waals surface area (Å²) in [6, 6.07) is 5.07. The Balaban J connectivity index is 1.86. The average molecular weight is 279 g/mol. The lowest BCUT2D eigenvalue weighted by Crippen LogP contribution is -2.37. The lowest BCUT2D eigenvalue weighted by Gasteiger charge is -2.12. The third-order valence-electron chi connectivity index (χ3n) is 3.35. The van der Waals surface area contributed by atoms with E-state index in [0.29, 0.717) is 12.1 Å². The molecule has 0 saturated heterocycles. The second-order valence-electron chi connectivity index (χ2n) is 5.11. The molecular formula is C15H22FN3O. The molecule has 2 rings (SSSR count). The summed E-state index contributed by atoms with van der Waals surface area (Å²) in [5.74, 6) is 1.36. The van der Waals surface area contributed by atoms with Gasteiger partial charge in [-0.1, -0.05) is 6.07 Å². The average Bonchev–Trinajstić information content (AvgIpc) is 3.27. The van der Waals surface area contributed by atoms with E-state index in [-0.39, 0.29) is 12.4 Å². The molecule has 0 spiro atoms. The highest BCUT2D eigenvalue weighted by Gasteiger charge is 2.20. The molecule has 1 fully saturated rings. The first-order chi connectivity index (χ1) is 9.72. The fourth-order valence-electron chi connectivity index (χ4n) is 1.97. The fraction of sp³-hybridized carbons (Fsp3) is 0.533. The van der Waals surface area contributed by atoms with Crippen molar-refractivity contribution >= 4 is 5.96 Å². The van der Waals surface area contributed by atoms with Crippen LogP contribution in [-0.4, -0.2) is 26.7 Å². The Morgan fingerprint density at radius 1 is 1.40 bits per heavy atom. The van der Waals surface area contributed by atoms with Crippen LogP contribution in [0.3, 0.4) is 0 Å². The SMILES string of the molecule is CN=C(NCc1ccc(F)c(COC)c1)NCC1CC1. The predicted octanol–water partition coefficient (Wildman–Crippen LogP) is 2.05.